The highest BCUT2D eigenvalue weighted by atomic mass is 15.1. The molecule has 3 heteroatoms. The Labute approximate surface area is 85.0 Å². The average molecular weight is 191 g/mol. The van der Waals surface area contributed by atoms with Gasteiger partial charge in [0.15, 0.2) is 0 Å². The SMILES string of the molecule is CCC(C)c1ccnc(NC2CC2)n1. The Morgan fingerprint density at radius 3 is 3.00 bits per heavy atom. The van der Waals surface area contributed by atoms with Crippen LogP contribution in [-0.4, -0.2) is 16.0 Å². The highest BCUT2D eigenvalue weighted by Crippen LogP contribution is 2.23. The van der Waals surface area contributed by atoms with Crippen LogP contribution in [0.2, 0.25) is 0 Å². The lowest BCUT2D eigenvalue weighted by atomic mass is 10.1. The standard InChI is InChI=1S/C11H17N3/c1-3-8(2)10-6-7-12-11(14-10)13-9-4-5-9/h6-9H,3-5H2,1-2H3,(H,12,13,14). The lowest BCUT2D eigenvalue weighted by Gasteiger charge is -2.09. The maximum atomic E-state index is 4.50. The minimum absolute atomic E-state index is 0.526. The van der Waals surface area contributed by atoms with E-state index in [1.165, 1.54) is 12.8 Å². The molecule has 1 atom stereocenters. The molecule has 0 aromatic carbocycles. The van der Waals surface area contributed by atoms with Gasteiger partial charge in [-0.1, -0.05) is 13.8 Å². The maximum Gasteiger partial charge on any atom is 0.223 e. The van der Waals surface area contributed by atoms with Crippen molar-refractivity contribution in [3.63, 3.8) is 0 Å². The topological polar surface area (TPSA) is 37.8 Å². The van der Waals surface area contributed by atoms with Crippen LogP contribution in [-0.2, 0) is 0 Å². The van der Waals surface area contributed by atoms with Crippen molar-refractivity contribution in [3.05, 3.63) is 18.0 Å². The summed E-state index contributed by atoms with van der Waals surface area (Å²) < 4.78 is 0. The van der Waals surface area contributed by atoms with E-state index in [0.29, 0.717) is 12.0 Å². The maximum absolute atomic E-state index is 4.50. The monoisotopic (exact) mass is 191 g/mol. The first-order chi connectivity index (χ1) is 6.79. The Morgan fingerprint density at radius 1 is 1.57 bits per heavy atom. The fraction of sp³-hybridized carbons (Fsp3) is 0.636. The fourth-order valence-electron chi connectivity index (χ4n) is 1.34. The van der Waals surface area contributed by atoms with Crippen molar-refractivity contribution in [1.82, 2.24) is 9.97 Å². The molecular weight excluding hydrogens is 174 g/mol. The number of rotatable bonds is 4. The summed E-state index contributed by atoms with van der Waals surface area (Å²) in [5.74, 6) is 1.32. The Bertz CT molecular complexity index is 307. The third kappa shape index (κ3) is 2.22. The van der Waals surface area contributed by atoms with Crippen molar-refractivity contribution in [2.75, 3.05) is 5.32 Å². The summed E-state index contributed by atoms with van der Waals surface area (Å²) in [6, 6.07) is 2.63. The Kier molecular flexibility index (Phi) is 2.66. The molecule has 1 unspecified atom stereocenters. The smallest absolute Gasteiger partial charge is 0.223 e. The van der Waals surface area contributed by atoms with Crippen LogP contribution in [0.25, 0.3) is 0 Å². The van der Waals surface area contributed by atoms with Gasteiger partial charge in [0.1, 0.15) is 0 Å². The van der Waals surface area contributed by atoms with Gasteiger partial charge in [0.05, 0.1) is 0 Å². The summed E-state index contributed by atoms with van der Waals surface area (Å²) in [6.07, 6.45) is 5.49. The predicted octanol–water partition coefficient (Wildman–Crippen LogP) is 2.56. The Morgan fingerprint density at radius 2 is 2.36 bits per heavy atom. The van der Waals surface area contributed by atoms with E-state index in [-0.39, 0.29) is 0 Å². The number of nitrogens with one attached hydrogen (secondary N) is 1. The van der Waals surface area contributed by atoms with E-state index in [4.69, 9.17) is 0 Å². The van der Waals surface area contributed by atoms with Gasteiger partial charge in [0, 0.05) is 17.9 Å². The molecule has 1 aliphatic carbocycles. The van der Waals surface area contributed by atoms with Gasteiger partial charge in [-0.15, -0.1) is 0 Å². The summed E-state index contributed by atoms with van der Waals surface area (Å²) in [7, 11) is 0. The summed E-state index contributed by atoms with van der Waals surface area (Å²) in [6.45, 7) is 4.38. The number of hydrogen-bond donors (Lipinski definition) is 1. The lowest BCUT2D eigenvalue weighted by molar-refractivity contribution is 0.705. The van der Waals surface area contributed by atoms with Crippen molar-refractivity contribution >= 4 is 5.95 Å². The second-order valence-corrected chi connectivity index (χ2v) is 4.03. The minimum Gasteiger partial charge on any atom is -0.351 e. The van der Waals surface area contributed by atoms with Gasteiger partial charge in [0.2, 0.25) is 5.95 Å². The quantitative estimate of drug-likeness (QED) is 0.794. The third-order valence-electron chi connectivity index (χ3n) is 2.70. The fourth-order valence-corrected chi connectivity index (χ4v) is 1.34. The first-order valence-corrected chi connectivity index (χ1v) is 5.39. The predicted molar refractivity (Wildman–Crippen MR) is 57.4 cm³/mol. The van der Waals surface area contributed by atoms with E-state index >= 15 is 0 Å². The molecule has 0 spiro atoms. The highest BCUT2D eigenvalue weighted by Gasteiger charge is 2.21. The number of hydrogen-bond acceptors (Lipinski definition) is 3. The zero-order valence-corrected chi connectivity index (χ0v) is 8.83. The molecule has 1 saturated carbocycles. The van der Waals surface area contributed by atoms with Gasteiger partial charge in [-0.05, 0) is 31.2 Å². The molecule has 0 amide bonds. The van der Waals surface area contributed by atoms with Gasteiger partial charge < -0.3 is 5.32 Å². The van der Waals surface area contributed by atoms with Gasteiger partial charge in [-0.3, -0.25) is 0 Å². The van der Waals surface area contributed by atoms with Gasteiger partial charge in [-0.2, -0.15) is 0 Å². The molecule has 3 nitrogen and oxygen atoms in total. The van der Waals surface area contributed by atoms with Crippen molar-refractivity contribution in [3.8, 4) is 0 Å². The molecule has 1 aliphatic rings. The molecule has 1 N–H and O–H groups in total. The molecule has 14 heavy (non-hydrogen) atoms. The molecule has 0 radical (unpaired) electrons. The lowest BCUT2D eigenvalue weighted by Crippen LogP contribution is -2.07. The van der Waals surface area contributed by atoms with Crippen molar-refractivity contribution in [2.45, 2.75) is 45.1 Å². The Balaban J connectivity index is 2.08. The molecule has 1 aromatic heterocycles. The van der Waals surface area contributed by atoms with Crippen molar-refractivity contribution in [2.24, 2.45) is 0 Å². The zero-order chi connectivity index (χ0) is 9.97. The van der Waals surface area contributed by atoms with E-state index in [1.807, 2.05) is 12.3 Å². The summed E-state index contributed by atoms with van der Waals surface area (Å²) in [4.78, 5) is 8.72. The van der Waals surface area contributed by atoms with Crippen LogP contribution in [0.5, 0.6) is 0 Å². The number of nitrogens with zero attached hydrogens (tertiary/aromatic N) is 2. The van der Waals surface area contributed by atoms with Gasteiger partial charge in [0.25, 0.3) is 0 Å². The number of aromatic nitrogens is 2. The second-order valence-electron chi connectivity index (χ2n) is 4.03. The number of anilines is 1. The van der Waals surface area contributed by atoms with Crippen LogP contribution in [0.3, 0.4) is 0 Å². The van der Waals surface area contributed by atoms with E-state index in [1.54, 1.807) is 0 Å². The van der Waals surface area contributed by atoms with Gasteiger partial charge in [-0.25, -0.2) is 9.97 Å². The highest BCUT2D eigenvalue weighted by molar-refractivity contribution is 5.29. The molecule has 76 valence electrons. The molecular formula is C11H17N3. The van der Waals surface area contributed by atoms with Crippen molar-refractivity contribution < 1.29 is 0 Å². The molecule has 0 saturated heterocycles. The van der Waals surface area contributed by atoms with Crippen LogP contribution in [0.15, 0.2) is 12.3 Å². The van der Waals surface area contributed by atoms with Crippen LogP contribution in [0.4, 0.5) is 5.95 Å². The first-order valence-electron chi connectivity index (χ1n) is 5.39. The molecule has 0 bridgehead atoms. The molecule has 0 aliphatic heterocycles. The molecule has 1 fully saturated rings. The zero-order valence-electron chi connectivity index (χ0n) is 8.83. The first kappa shape index (κ1) is 9.44. The van der Waals surface area contributed by atoms with Gasteiger partial charge >= 0.3 is 0 Å². The summed E-state index contributed by atoms with van der Waals surface area (Å²) in [5.41, 5.74) is 1.14. The second kappa shape index (κ2) is 3.95. The van der Waals surface area contributed by atoms with Crippen LogP contribution in [0, 0.1) is 0 Å². The van der Waals surface area contributed by atoms with E-state index in [0.717, 1.165) is 18.1 Å². The molecule has 2 rings (SSSR count). The summed E-state index contributed by atoms with van der Waals surface area (Å²) in [5, 5.41) is 3.31. The van der Waals surface area contributed by atoms with E-state index in [2.05, 4.69) is 29.1 Å². The van der Waals surface area contributed by atoms with E-state index < -0.39 is 0 Å². The van der Waals surface area contributed by atoms with Crippen molar-refractivity contribution in [1.29, 1.82) is 0 Å². The summed E-state index contributed by atoms with van der Waals surface area (Å²) >= 11 is 0. The molecule has 1 aromatic rings. The average Bonchev–Trinajstić information content (AvgIpc) is 3.01. The Hall–Kier alpha value is -1.12. The minimum atomic E-state index is 0.526. The largest absolute Gasteiger partial charge is 0.351 e. The van der Waals surface area contributed by atoms with Crippen LogP contribution >= 0.6 is 0 Å². The normalized spacial score (nSPS) is 17.9. The third-order valence-corrected chi connectivity index (χ3v) is 2.70. The van der Waals surface area contributed by atoms with Crippen LogP contribution in [0.1, 0.15) is 44.7 Å². The van der Waals surface area contributed by atoms with E-state index in [9.17, 15) is 0 Å². The van der Waals surface area contributed by atoms with Crippen LogP contribution < -0.4 is 5.32 Å². The molecule has 1 heterocycles.